The van der Waals surface area contributed by atoms with Gasteiger partial charge in [-0.25, -0.2) is 4.98 Å². The number of aliphatic hydroxyl groups is 1. The lowest BCUT2D eigenvalue weighted by molar-refractivity contribution is 0.0742. The molecule has 1 aromatic carbocycles. The third-order valence-electron chi connectivity index (χ3n) is 6.70. The van der Waals surface area contributed by atoms with Gasteiger partial charge in [-0.05, 0) is 44.2 Å². The number of hydrogen-bond acceptors (Lipinski definition) is 8. The van der Waals surface area contributed by atoms with Crippen LogP contribution in [0.2, 0.25) is 0 Å². The number of nitrogens with zero attached hydrogens (tertiary/aromatic N) is 6. The van der Waals surface area contributed by atoms with Crippen LogP contribution in [0.15, 0.2) is 36.5 Å². The minimum Gasteiger partial charge on any atom is -0.384 e. The third-order valence-corrected chi connectivity index (χ3v) is 6.70. The molecule has 0 aliphatic carbocycles. The summed E-state index contributed by atoms with van der Waals surface area (Å²) < 4.78 is 1.79. The maximum absolute atomic E-state index is 10.5. The normalized spacial score (nSPS) is 15.5. The van der Waals surface area contributed by atoms with Gasteiger partial charge in [-0.1, -0.05) is 38.1 Å². The van der Waals surface area contributed by atoms with Crippen molar-refractivity contribution >= 4 is 28.4 Å². The summed E-state index contributed by atoms with van der Waals surface area (Å²) in [5, 5.41) is 19.6. The predicted molar refractivity (Wildman–Crippen MR) is 139 cm³/mol. The molecule has 0 spiro atoms. The SMILES string of the molecule is CC(C)c1cnn2c(NCc3cccc4ccc(C(C)(C)O)nc34)nc(N3CCC(N)CC3)nc12. The van der Waals surface area contributed by atoms with E-state index in [0.29, 0.717) is 30.1 Å². The molecular formula is C26H34N8O. The number of fused-ring (bicyclic) bond motifs is 2. The molecule has 1 aliphatic heterocycles. The summed E-state index contributed by atoms with van der Waals surface area (Å²) in [4.78, 5) is 16.8. The van der Waals surface area contributed by atoms with Crippen molar-refractivity contribution in [3.8, 4) is 0 Å². The Morgan fingerprint density at radius 3 is 2.60 bits per heavy atom. The van der Waals surface area contributed by atoms with E-state index >= 15 is 0 Å². The first-order valence-corrected chi connectivity index (χ1v) is 12.3. The highest BCUT2D eigenvalue weighted by Gasteiger charge is 2.22. The van der Waals surface area contributed by atoms with Crippen LogP contribution < -0.4 is 16.0 Å². The van der Waals surface area contributed by atoms with E-state index in [4.69, 9.17) is 20.7 Å². The first-order valence-electron chi connectivity index (χ1n) is 12.3. The number of nitrogens with two attached hydrogens (primary N) is 1. The van der Waals surface area contributed by atoms with Crippen molar-refractivity contribution in [1.82, 2.24) is 24.6 Å². The lowest BCUT2D eigenvalue weighted by Gasteiger charge is -2.30. The van der Waals surface area contributed by atoms with Gasteiger partial charge in [0.05, 0.1) is 17.4 Å². The fraction of sp³-hybridized carbons (Fsp3) is 0.462. The van der Waals surface area contributed by atoms with Gasteiger partial charge in [0.15, 0.2) is 5.65 Å². The maximum atomic E-state index is 10.5. The number of benzene rings is 1. The van der Waals surface area contributed by atoms with E-state index in [1.54, 1.807) is 18.4 Å². The van der Waals surface area contributed by atoms with Crippen LogP contribution in [0.4, 0.5) is 11.9 Å². The molecule has 1 saturated heterocycles. The average molecular weight is 475 g/mol. The van der Waals surface area contributed by atoms with E-state index in [1.807, 2.05) is 36.5 Å². The van der Waals surface area contributed by atoms with Crippen LogP contribution in [-0.2, 0) is 12.1 Å². The van der Waals surface area contributed by atoms with Gasteiger partial charge in [0.25, 0.3) is 0 Å². The van der Waals surface area contributed by atoms with E-state index in [1.165, 1.54) is 0 Å². The lowest BCUT2D eigenvalue weighted by Crippen LogP contribution is -2.40. The summed E-state index contributed by atoms with van der Waals surface area (Å²) in [5.74, 6) is 1.64. The Bertz CT molecular complexity index is 1350. The standard InChI is InChI=1S/C26H34N8O/c1-16(2)20-15-29-34-23(20)31-25(33-12-10-19(27)11-13-33)32-24(34)28-14-18-7-5-6-17-8-9-21(26(3,4)35)30-22(17)18/h5-9,15-16,19,35H,10-14,27H2,1-4H3,(H,28,31,32). The molecule has 0 atom stereocenters. The molecule has 9 nitrogen and oxygen atoms in total. The smallest absolute Gasteiger partial charge is 0.230 e. The zero-order valence-electron chi connectivity index (χ0n) is 20.9. The Balaban J connectivity index is 1.52. The van der Waals surface area contributed by atoms with E-state index in [2.05, 4.69) is 29.2 Å². The molecule has 184 valence electrons. The molecule has 3 aromatic heterocycles. The number of anilines is 2. The second-order valence-electron chi connectivity index (χ2n) is 10.3. The molecule has 0 bridgehead atoms. The monoisotopic (exact) mass is 474 g/mol. The Hall–Kier alpha value is -3.30. The number of rotatable bonds is 6. The van der Waals surface area contributed by atoms with Crippen molar-refractivity contribution in [2.45, 2.75) is 64.6 Å². The van der Waals surface area contributed by atoms with Crippen LogP contribution >= 0.6 is 0 Å². The highest BCUT2D eigenvalue weighted by molar-refractivity contribution is 5.82. The topological polar surface area (TPSA) is 117 Å². The van der Waals surface area contributed by atoms with Crippen molar-refractivity contribution in [1.29, 1.82) is 0 Å². The lowest BCUT2D eigenvalue weighted by atomic mass is 10.0. The number of piperidine rings is 1. The van der Waals surface area contributed by atoms with Crippen molar-refractivity contribution in [2.75, 3.05) is 23.3 Å². The minimum atomic E-state index is -1.01. The summed E-state index contributed by atoms with van der Waals surface area (Å²) in [5.41, 5.74) is 9.54. The van der Waals surface area contributed by atoms with Crippen LogP contribution in [0.5, 0.6) is 0 Å². The maximum Gasteiger partial charge on any atom is 0.230 e. The predicted octanol–water partition coefficient (Wildman–Crippen LogP) is 3.56. The molecule has 0 amide bonds. The van der Waals surface area contributed by atoms with Gasteiger partial charge in [0, 0.05) is 36.6 Å². The van der Waals surface area contributed by atoms with Gasteiger partial charge in [0.2, 0.25) is 11.9 Å². The summed E-state index contributed by atoms with van der Waals surface area (Å²) in [7, 11) is 0. The largest absolute Gasteiger partial charge is 0.384 e. The summed E-state index contributed by atoms with van der Waals surface area (Å²) in [6, 6.07) is 10.2. The van der Waals surface area contributed by atoms with Gasteiger partial charge < -0.3 is 21.1 Å². The van der Waals surface area contributed by atoms with Gasteiger partial charge >= 0.3 is 0 Å². The van der Waals surface area contributed by atoms with E-state index in [9.17, 15) is 5.11 Å². The fourth-order valence-electron chi connectivity index (χ4n) is 4.51. The van der Waals surface area contributed by atoms with Crippen molar-refractivity contribution < 1.29 is 5.11 Å². The number of nitrogens with one attached hydrogen (secondary N) is 1. The Labute approximate surface area is 205 Å². The minimum absolute atomic E-state index is 0.237. The molecule has 4 heterocycles. The Kier molecular flexibility index (Phi) is 6.06. The number of pyridine rings is 1. The molecule has 1 aliphatic rings. The van der Waals surface area contributed by atoms with E-state index in [-0.39, 0.29) is 6.04 Å². The average Bonchev–Trinajstić information content (AvgIpc) is 3.26. The van der Waals surface area contributed by atoms with E-state index in [0.717, 1.165) is 53.6 Å². The zero-order valence-corrected chi connectivity index (χ0v) is 20.9. The molecule has 35 heavy (non-hydrogen) atoms. The van der Waals surface area contributed by atoms with Gasteiger partial charge in [0.1, 0.15) is 5.60 Å². The fourth-order valence-corrected chi connectivity index (χ4v) is 4.51. The van der Waals surface area contributed by atoms with Crippen LogP contribution in [-0.4, -0.2) is 48.8 Å². The van der Waals surface area contributed by atoms with Gasteiger partial charge in [-0.15, -0.1) is 0 Å². The highest BCUT2D eigenvalue weighted by atomic mass is 16.3. The first-order chi connectivity index (χ1) is 16.7. The molecular weight excluding hydrogens is 440 g/mol. The number of aromatic nitrogens is 5. The second kappa shape index (κ2) is 9.05. The molecule has 9 heteroatoms. The zero-order chi connectivity index (χ0) is 24.7. The summed E-state index contributed by atoms with van der Waals surface area (Å²) in [6.45, 7) is 9.98. The molecule has 0 radical (unpaired) electrons. The molecule has 4 N–H and O–H groups in total. The number of para-hydroxylation sites is 1. The van der Waals surface area contributed by atoms with Crippen LogP contribution in [0.1, 0.15) is 63.3 Å². The molecule has 1 fully saturated rings. The molecule has 4 aromatic rings. The molecule has 0 unspecified atom stereocenters. The third kappa shape index (κ3) is 4.66. The van der Waals surface area contributed by atoms with Crippen molar-refractivity contribution in [2.24, 2.45) is 5.73 Å². The first kappa shape index (κ1) is 23.4. The summed E-state index contributed by atoms with van der Waals surface area (Å²) in [6.07, 6.45) is 3.74. The summed E-state index contributed by atoms with van der Waals surface area (Å²) >= 11 is 0. The number of hydrogen-bond donors (Lipinski definition) is 3. The van der Waals surface area contributed by atoms with Gasteiger partial charge in [-0.3, -0.25) is 0 Å². The highest BCUT2D eigenvalue weighted by Crippen LogP contribution is 2.26. The van der Waals surface area contributed by atoms with Crippen LogP contribution in [0.3, 0.4) is 0 Å². The Morgan fingerprint density at radius 2 is 1.89 bits per heavy atom. The van der Waals surface area contributed by atoms with Crippen LogP contribution in [0, 0.1) is 0 Å². The van der Waals surface area contributed by atoms with Crippen molar-refractivity contribution in [3.05, 3.63) is 53.3 Å². The molecule has 0 saturated carbocycles. The van der Waals surface area contributed by atoms with Crippen LogP contribution in [0.25, 0.3) is 16.6 Å². The van der Waals surface area contributed by atoms with Gasteiger partial charge in [-0.2, -0.15) is 19.6 Å². The Morgan fingerprint density at radius 1 is 1.11 bits per heavy atom. The molecule has 5 rings (SSSR count). The van der Waals surface area contributed by atoms with E-state index < -0.39 is 5.60 Å². The quantitative estimate of drug-likeness (QED) is 0.388. The second-order valence-corrected chi connectivity index (χ2v) is 10.3. The van der Waals surface area contributed by atoms with Crippen molar-refractivity contribution in [3.63, 3.8) is 0 Å².